The van der Waals surface area contributed by atoms with Crippen LogP contribution in [0.4, 0.5) is 5.69 Å². The molecule has 0 aliphatic carbocycles. The summed E-state index contributed by atoms with van der Waals surface area (Å²) in [6.45, 7) is 3.97. The molecule has 2 aromatic carbocycles. The van der Waals surface area contributed by atoms with Gasteiger partial charge < -0.3 is 5.32 Å². The molecule has 0 aromatic heterocycles. The predicted molar refractivity (Wildman–Crippen MR) is 84.5 cm³/mol. The van der Waals surface area contributed by atoms with Crippen molar-refractivity contribution < 1.29 is 4.79 Å². The Balaban J connectivity index is 2.04. The van der Waals surface area contributed by atoms with Gasteiger partial charge in [-0.05, 0) is 31.5 Å². The molecule has 0 aliphatic rings. The number of allylic oxidation sites excluding steroid dienone is 1. The zero-order valence-electron chi connectivity index (χ0n) is 11.5. The highest BCUT2D eigenvalue weighted by Crippen LogP contribution is 2.20. The largest absolute Gasteiger partial charge is 0.361 e. The van der Waals surface area contributed by atoms with Crippen molar-refractivity contribution in [1.29, 1.82) is 0 Å². The summed E-state index contributed by atoms with van der Waals surface area (Å²) in [6, 6.07) is 13.1. The maximum Gasteiger partial charge on any atom is 0.187 e. The Labute approximate surface area is 124 Å². The Hall–Kier alpha value is -2.06. The molecule has 0 radical (unpaired) electrons. The Kier molecular flexibility index (Phi) is 4.59. The van der Waals surface area contributed by atoms with E-state index in [4.69, 9.17) is 11.6 Å². The zero-order valence-corrected chi connectivity index (χ0v) is 12.2. The Bertz CT molecular complexity index is 645. The number of halogens is 1. The van der Waals surface area contributed by atoms with Gasteiger partial charge in [0.2, 0.25) is 0 Å². The number of rotatable bonds is 4. The van der Waals surface area contributed by atoms with Crippen molar-refractivity contribution in [2.24, 2.45) is 0 Å². The highest BCUT2D eigenvalue weighted by Gasteiger charge is 2.01. The van der Waals surface area contributed by atoms with E-state index in [1.807, 2.05) is 56.3 Å². The standard InChI is InChI=1S/C17H16ClNO/c1-12-3-6-14(7-4-12)17(20)9-10-19-16-11-15(18)8-5-13(16)2/h3-11,19H,1-2H3. The molecule has 0 amide bonds. The second kappa shape index (κ2) is 6.40. The molecule has 20 heavy (non-hydrogen) atoms. The van der Waals surface area contributed by atoms with E-state index < -0.39 is 0 Å². The maximum atomic E-state index is 11.9. The average Bonchev–Trinajstić information content (AvgIpc) is 2.43. The van der Waals surface area contributed by atoms with Gasteiger partial charge in [0.15, 0.2) is 5.78 Å². The molecule has 0 heterocycles. The van der Waals surface area contributed by atoms with Crippen molar-refractivity contribution in [2.75, 3.05) is 5.32 Å². The fraction of sp³-hybridized carbons (Fsp3) is 0.118. The summed E-state index contributed by atoms with van der Waals surface area (Å²) in [5.41, 5.74) is 3.78. The minimum Gasteiger partial charge on any atom is -0.361 e. The zero-order chi connectivity index (χ0) is 14.5. The third-order valence-electron chi connectivity index (χ3n) is 3.01. The van der Waals surface area contributed by atoms with Gasteiger partial charge >= 0.3 is 0 Å². The molecule has 0 unspecified atom stereocenters. The number of carbonyl (C=O) groups is 1. The van der Waals surface area contributed by atoms with Crippen LogP contribution in [0.3, 0.4) is 0 Å². The summed E-state index contributed by atoms with van der Waals surface area (Å²) < 4.78 is 0. The van der Waals surface area contributed by atoms with Gasteiger partial charge in [-0.15, -0.1) is 0 Å². The van der Waals surface area contributed by atoms with Gasteiger partial charge in [-0.2, -0.15) is 0 Å². The van der Waals surface area contributed by atoms with E-state index in [2.05, 4.69) is 5.32 Å². The van der Waals surface area contributed by atoms with Crippen LogP contribution in [-0.4, -0.2) is 5.78 Å². The molecular weight excluding hydrogens is 270 g/mol. The summed E-state index contributed by atoms with van der Waals surface area (Å²) in [6.07, 6.45) is 3.16. The van der Waals surface area contributed by atoms with E-state index in [0.29, 0.717) is 10.6 Å². The first kappa shape index (κ1) is 14.4. The molecule has 0 saturated heterocycles. The summed E-state index contributed by atoms with van der Waals surface area (Å²) in [5.74, 6) is -0.0304. The van der Waals surface area contributed by atoms with E-state index in [1.54, 1.807) is 6.20 Å². The van der Waals surface area contributed by atoms with Crippen molar-refractivity contribution in [2.45, 2.75) is 13.8 Å². The predicted octanol–water partition coefficient (Wildman–Crippen LogP) is 4.77. The van der Waals surface area contributed by atoms with E-state index in [-0.39, 0.29) is 5.78 Å². The van der Waals surface area contributed by atoms with Crippen LogP contribution in [-0.2, 0) is 0 Å². The van der Waals surface area contributed by atoms with Crippen LogP contribution in [0.25, 0.3) is 0 Å². The normalized spacial score (nSPS) is 10.8. The van der Waals surface area contributed by atoms with Crippen LogP contribution in [0.5, 0.6) is 0 Å². The van der Waals surface area contributed by atoms with E-state index in [1.165, 1.54) is 6.08 Å². The van der Waals surface area contributed by atoms with Crippen LogP contribution in [0.15, 0.2) is 54.7 Å². The number of ketones is 1. The number of carbonyl (C=O) groups excluding carboxylic acids is 1. The van der Waals surface area contributed by atoms with Crippen LogP contribution in [0, 0.1) is 13.8 Å². The first-order chi connectivity index (χ1) is 9.56. The van der Waals surface area contributed by atoms with Gasteiger partial charge in [-0.3, -0.25) is 4.79 Å². The fourth-order valence-electron chi connectivity index (χ4n) is 1.77. The lowest BCUT2D eigenvalue weighted by Gasteiger charge is -2.05. The smallest absolute Gasteiger partial charge is 0.187 e. The topological polar surface area (TPSA) is 29.1 Å². The molecule has 2 nitrogen and oxygen atoms in total. The van der Waals surface area contributed by atoms with Gasteiger partial charge in [0.1, 0.15) is 0 Å². The minimum absolute atomic E-state index is 0.0304. The summed E-state index contributed by atoms with van der Waals surface area (Å²) >= 11 is 5.94. The van der Waals surface area contributed by atoms with E-state index >= 15 is 0 Å². The Morgan fingerprint density at radius 3 is 2.50 bits per heavy atom. The van der Waals surface area contributed by atoms with Crippen LogP contribution in [0.1, 0.15) is 21.5 Å². The number of nitrogens with one attached hydrogen (secondary N) is 1. The van der Waals surface area contributed by atoms with Gasteiger partial charge in [0.25, 0.3) is 0 Å². The second-order valence-electron chi connectivity index (χ2n) is 4.67. The maximum absolute atomic E-state index is 11.9. The van der Waals surface area contributed by atoms with Crippen LogP contribution < -0.4 is 5.32 Å². The number of anilines is 1. The Morgan fingerprint density at radius 1 is 1.10 bits per heavy atom. The summed E-state index contributed by atoms with van der Waals surface area (Å²) in [5, 5.41) is 3.74. The summed E-state index contributed by atoms with van der Waals surface area (Å²) in [7, 11) is 0. The lowest BCUT2D eigenvalue weighted by atomic mass is 10.1. The number of benzene rings is 2. The number of hydrogen-bond donors (Lipinski definition) is 1. The first-order valence-corrected chi connectivity index (χ1v) is 6.74. The third kappa shape index (κ3) is 3.72. The molecule has 102 valence electrons. The molecule has 0 atom stereocenters. The third-order valence-corrected chi connectivity index (χ3v) is 3.24. The van der Waals surface area contributed by atoms with Crippen molar-refractivity contribution in [3.05, 3.63) is 76.5 Å². The molecule has 1 N–H and O–H groups in total. The van der Waals surface area contributed by atoms with Gasteiger partial charge in [0, 0.05) is 28.5 Å². The molecule has 0 aliphatic heterocycles. The van der Waals surface area contributed by atoms with Crippen molar-refractivity contribution in [3.63, 3.8) is 0 Å². The van der Waals surface area contributed by atoms with Crippen LogP contribution >= 0.6 is 11.6 Å². The van der Waals surface area contributed by atoms with Crippen molar-refractivity contribution in [1.82, 2.24) is 0 Å². The molecule has 0 saturated carbocycles. The quantitative estimate of drug-likeness (QED) is 0.648. The molecular formula is C17H16ClNO. The SMILES string of the molecule is Cc1ccc(C(=O)C=CNc2cc(Cl)ccc2C)cc1. The lowest BCUT2D eigenvalue weighted by molar-refractivity contribution is 0.104. The monoisotopic (exact) mass is 285 g/mol. The first-order valence-electron chi connectivity index (χ1n) is 6.36. The van der Waals surface area contributed by atoms with E-state index in [9.17, 15) is 4.79 Å². The molecule has 3 heteroatoms. The highest BCUT2D eigenvalue weighted by atomic mass is 35.5. The van der Waals surface area contributed by atoms with Gasteiger partial charge in [-0.1, -0.05) is 47.5 Å². The fourth-order valence-corrected chi connectivity index (χ4v) is 1.94. The minimum atomic E-state index is -0.0304. The number of hydrogen-bond acceptors (Lipinski definition) is 2. The second-order valence-corrected chi connectivity index (χ2v) is 5.10. The highest BCUT2D eigenvalue weighted by molar-refractivity contribution is 6.30. The van der Waals surface area contributed by atoms with Crippen molar-refractivity contribution in [3.8, 4) is 0 Å². The molecule has 0 spiro atoms. The molecule has 2 aromatic rings. The summed E-state index contributed by atoms with van der Waals surface area (Å²) in [4.78, 5) is 11.9. The molecule has 2 rings (SSSR count). The molecule has 0 bridgehead atoms. The van der Waals surface area contributed by atoms with Gasteiger partial charge in [0.05, 0.1) is 0 Å². The average molecular weight is 286 g/mol. The lowest BCUT2D eigenvalue weighted by Crippen LogP contribution is -1.97. The molecule has 0 fully saturated rings. The van der Waals surface area contributed by atoms with Crippen molar-refractivity contribution >= 4 is 23.1 Å². The number of aryl methyl sites for hydroxylation is 2. The van der Waals surface area contributed by atoms with Gasteiger partial charge in [-0.25, -0.2) is 0 Å². The van der Waals surface area contributed by atoms with E-state index in [0.717, 1.165) is 16.8 Å². The van der Waals surface area contributed by atoms with Crippen LogP contribution in [0.2, 0.25) is 5.02 Å². The Morgan fingerprint density at radius 2 is 1.80 bits per heavy atom.